The first-order valence-electron chi connectivity index (χ1n) is 11.4. The molecule has 1 aliphatic carbocycles. The van der Waals surface area contributed by atoms with Gasteiger partial charge in [0.15, 0.2) is 5.78 Å². The van der Waals surface area contributed by atoms with Crippen LogP contribution in [-0.4, -0.2) is 73.1 Å². The molecule has 0 radical (unpaired) electrons. The van der Waals surface area contributed by atoms with E-state index in [9.17, 15) is 28.1 Å². The summed E-state index contributed by atoms with van der Waals surface area (Å²) in [5.41, 5.74) is 2.89. The molecule has 0 unspecified atom stereocenters. The maximum absolute atomic E-state index is 13.7. The number of aromatic amines is 1. The number of carbonyl (C=O) groups excluding carboxylic acids is 1. The number of anilines is 1. The fourth-order valence-electron chi connectivity index (χ4n) is 5.32. The third-order valence-corrected chi connectivity index (χ3v) is 8.09. The summed E-state index contributed by atoms with van der Waals surface area (Å²) < 4.78 is 35.0. The average molecular weight is 495 g/mol. The van der Waals surface area contributed by atoms with Crippen molar-refractivity contribution in [2.24, 2.45) is 0 Å². The summed E-state index contributed by atoms with van der Waals surface area (Å²) in [7, 11) is -4.61. The van der Waals surface area contributed by atoms with Crippen LogP contribution in [0, 0.1) is 11.3 Å². The molecule has 2 aliphatic rings. The lowest BCUT2D eigenvalue weighted by molar-refractivity contribution is 0.103. The van der Waals surface area contributed by atoms with Crippen molar-refractivity contribution in [1.82, 2.24) is 9.88 Å². The molecule has 9 nitrogen and oxygen atoms in total. The number of benzene rings is 2. The molecule has 0 spiro atoms. The molecule has 2 heterocycles. The van der Waals surface area contributed by atoms with Crippen molar-refractivity contribution in [3.8, 4) is 6.07 Å². The van der Waals surface area contributed by atoms with Gasteiger partial charge in [-0.15, -0.1) is 0 Å². The van der Waals surface area contributed by atoms with Crippen LogP contribution in [0.4, 0.5) is 5.69 Å². The highest BCUT2D eigenvalue weighted by molar-refractivity contribution is 7.86. The van der Waals surface area contributed by atoms with Crippen molar-refractivity contribution >= 4 is 32.5 Å². The molecule has 3 aromatic rings. The number of carbonyl (C=O) groups is 1. The topological polar surface area (TPSA) is 138 Å². The third kappa shape index (κ3) is 3.72. The van der Waals surface area contributed by atoms with E-state index in [2.05, 4.69) is 16.0 Å². The minimum Gasteiger partial charge on any atom is -0.395 e. The first-order valence-corrected chi connectivity index (χ1v) is 12.9. The Labute approximate surface area is 203 Å². The Morgan fingerprint density at radius 1 is 1.14 bits per heavy atom. The van der Waals surface area contributed by atoms with E-state index in [1.54, 1.807) is 24.3 Å². The van der Waals surface area contributed by atoms with E-state index in [1.165, 1.54) is 6.07 Å². The van der Waals surface area contributed by atoms with E-state index in [-0.39, 0.29) is 22.8 Å². The van der Waals surface area contributed by atoms with Gasteiger partial charge in [-0.2, -0.15) is 13.7 Å². The maximum Gasteiger partial charge on any atom is 0.296 e. The summed E-state index contributed by atoms with van der Waals surface area (Å²) in [5, 5.41) is 19.1. The predicted octanol–water partition coefficient (Wildman–Crippen LogP) is 2.27. The van der Waals surface area contributed by atoms with Crippen molar-refractivity contribution in [1.29, 1.82) is 5.26 Å². The molecule has 1 aromatic heterocycles. The van der Waals surface area contributed by atoms with Crippen LogP contribution >= 0.6 is 0 Å². The Balaban J connectivity index is 1.68. The van der Waals surface area contributed by atoms with Crippen LogP contribution in [0.15, 0.2) is 35.2 Å². The van der Waals surface area contributed by atoms with Crippen LogP contribution in [0.25, 0.3) is 10.9 Å². The average Bonchev–Trinajstić information content (AvgIpc) is 3.22. The SMILES string of the molecule is CC1(C)c2cc(N3CCN(CCO)CC3)c(S(=O)(=O)O)cc2C(=O)c2c1[nH]c1cc(C#N)ccc21. The van der Waals surface area contributed by atoms with Crippen molar-refractivity contribution in [3.05, 3.63) is 58.3 Å². The number of nitriles is 1. The minimum atomic E-state index is -4.61. The number of fused-ring (bicyclic) bond motifs is 4. The van der Waals surface area contributed by atoms with E-state index in [1.807, 2.05) is 18.7 Å². The van der Waals surface area contributed by atoms with Gasteiger partial charge in [-0.1, -0.05) is 19.9 Å². The van der Waals surface area contributed by atoms with Crippen LogP contribution < -0.4 is 4.90 Å². The number of nitrogens with zero attached hydrogens (tertiary/aromatic N) is 3. The monoisotopic (exact) mass is 494 g/mol. The summed E-state index contributed by atoms with van der Waals surface area (Å²) >= 11 is 0. The number of aromatic nitrogens is 1. The Hall–Kier alpha value is -3.23. The number of nitrogens with one attached hydrogen (secondary N) is 1. The quantitative estimate of drug-likeness (QED) is 0.470. The summed E-state index contributed by atoms with van der Waals surface area (Å²) in [6.07, 6.45) is 0. The van der Waals surface area contributed by atoms with Gasteiger partial charge in [0.1, 0.15) is 4.90 Å². The Kier molecular flexibility index (Phi) is 5.49. The van der Waals surface area contributed by atoms with E-state index < -0.39 is 15.5 Å². The molecular formula is C25H26N4O5S. The Morgan fingerprint density at radius 3 is 2.49 bits per heavy atom. The largest absolute Gasteiger partial charge is 0.395 e. The Bertz CT molecular complexity index is 1510. The second kappa shape index (κ2) is 8.17. The van der Waals surface area contributed by atoms with Gasteiger partial charge in [-0.3, -0.25) is 14.2 Å². The number of aliphatic hydroxyl groups is 1. The molecule has 1 fully saturated rings. The molecule has 182 valence electrons. The van der Waals surface area contributed by atoms with E-state index in [4.69, 9.17) is 0 Å². The number of hydrogen-bond acceptors (Lipinski definition) is 7. The summed E-state index contributed by atoms with van der Waals surface area (Å²) in [5.74, 6) is -0.325. The molecule has 0 bridgehead atoms. The molecule has 1 saturated heterocycles. The third-order valence-electron chi connectivity index (χ3n) is 7.20. The second-order valence-corrected chi connectivity index (χ2v) is 11.0. The lowest BCUT2D eigenvalue weighted by atomic mass is 9.71. The smallest absolute Gasteiger partial charge is 0.296 e. The lowest BCUT2D eigenvalue weighted by Gasteiger charge is -2.38. The van der Waals surface area contributed by atoms with Crippen molar-refractivity contribution in [2.75, 3.05) is 44.2 Å². The number of β-amino-alcohol motifs (C(OH)–C–C–N with tert-alkyl or cyclic N) is 1. The molecule has 0 atom stereocenters. The molecule has 35 heavy (non-hydrogen) atoms. The van der Waals surface area contributed by atoms with Gasteiger partial charge < -0.3 is 15.0 Å². The molecule has 0 amide bonds. The molecule has 3 N–H and O–H groups in total. The molecule has 10 heteroatoms. The van der Waals surface area contributed by atoms with Crippen molar-refractivity contribution < 1.29 is 22.9 Å². The first kappa shape index (κ1) is 23.5. The zero-order valence-corrected chi connectivity index (χ0v) is 20.3. The number of piperazine rings is 1. The molecule has 2 aromatic carbocycles. The fourth-order valence-corrected chi connectivity index (χ4v) is 6.04. The molecule has 0 saturated carbocycles. The number of ketones is 1. The van der Waals surface area contributed by atoms with Crippen LogP contribution in [0.2, 0.25) is 0 Å². The predicted molar refractivity (Wildman–Crippen MR) is 131 cm³/mol. The van der Waals surface area contributed by atoms with Gasteiger partial charge in [0.05, 0.1) is 29.5 Å². The van der Waals surface area contributed by atoms with Gasteiger partial charge in [0.25, 0.3) is 10.1 Å². The highest BCUT2D eigenvalue weighted by Gasteiger charge is 2.41. The van der Waals surface area contributed by atoms with Gasteiger partial charge in [-0.25, -0.2) is 0 Å². The van der Waals surface area contributed by atoms with E-state index >= 15 is 0 Å². The van der Waals surface area contributed by atoms with Crippen molar-refractivity contribution in [3.63, 3.8) is 0 Å². The number of hydrogen-bond donors (Lipinski definition) is 3. The lowest BCUT2D eigenvalue weighted by Crippen LogP contribution is -2.47. The van der Waals surface area contributed by atoms with Gasteiger partial charge in [-0.05, 0) is 29.8 Å². The standard InChI is InChI=1S/C25H26N4O5S/c1-25(2)18-13-20(29-7-5-28(6-8-29)9-10-30)21(35(32,33)34)12-17(18)23(31)22-16-4-3-15(14-26)11-19(16)27-24(22)25/h3-4,11-13,27,30H,5-10H2,1-2H3,(H,32,33,34). The van der Waals surface area contributed by atoms with Gasteiger partial charge in [0, 0.05) is 60.3 Å². The molecular weight excluding hydrogens is 468 g/mol. The maximum atomic E-state index is 13.7. The number of H-pyrrole nitrogens is 1. The van der Waals surface area contributed by atoms with Crippen LogP contribution in [0.5, 0.6) is 0 Å². The molecule has 1 aliphatic heterocycles. The Morgan fingerprint density at radius 2 is 1.86 bits per heavy atom. The van der Waals surface area contributed by atoms with Crippen LogP contribution in [-0.2, 0) is 15.5 Å². The summed E-state index contributed by atoms with van der Waals surface area (Å²) in [4.78, 5) is 20.7. The number of aliphatic hydroxyl groups excluding tert-OH is 1. The van der Waals surface area contributed by atoms with Crippen LogP contribution in [0.3, 0.4) is 0 Å². The normalized spacial score (nSPS) is 17.8. The van der Waals surface area contributed by atoms with Crippen LogP contribution in [0.1, 0.15) is 46.6 Å². The highest BCUT2D eigenvalue weighted by Crippen LogP contribution is 2.46. The highest BCUT2D eigenvalue weighted by atomic mass is 32.2. The van der Waals surface area contributed by atoms with Gasteiger partial charge >= 0.3 is 0 Å². The minimum absolute atomic E-state index is 0.0497. The summed E-state index contributed by atoms with van der Waals surface area (Å²) in [6.45, 7) is 6.84. The second-order valence-electron chi connectivity index (χ2n) is 9.59. The summed E-state index contributed by atoms with van der Waals surface area (Å²) in [6, 6.07) is 10.2. The fraction of sp³-hybridized carbons (Fsp3) is 0.360. The first-order chi connectivity index (χ1) is 16.6. The van der Waals surface area contributed by atoms with E-state index in [0.717, 1.165) is 0 Å². The number of rotatable bonds is 4. The zero-order valence-electron chi connectivity index (χ0n) is 19.5. The van der Waals surface area contributed by atoms with E-state index in [0.29, 0.717) is 71.7 Å². The van der Waals surface area contributed by atoms with Gasteiger partial charge in [0.2, 0.25) is 0 Å². The van der Waals surface area contributed by atoms with Crippen molar-refractivity contribution in [2.45, 2.75) is 24.2 Å². The molecule has 5 rings (SSSR count). The zero-order chi connectivity index (χ0) is 25.1.